The Kier molecular flexibility index (Phi) is 12.5. The van der Waals surface area contributed by atoms with Gasteiger partial charge in [-0.2, -0.15) is 0 Å². The number of hydrogen-bond donors (Lipinski definition) is 4. The molecule has 0 aliphatic carbocycles. The fourth-order valence-electron chi connectivity index (χ4n) is 4.33. The molecule has 0 saturated heterocycles. The first kappa shape index (κ1) is 34.3. The normalized spacial score (nSPS) is 11.9. The largest absolute Gasteiger partial charge is 0.444 e. The van der Waals surface area contributed by atoms with Gasteiger partial charge in [0.05, 0.1) is 22.4 Å². The molecule has 0 aliphatic rings. The summed E-state index contributed by atoms with van der Waals surface area (Å²) in [7, 11) is 0. The number of aromatic nitrogens is 1. The molecule has 1 heterocycles. The van der Waals surface area contributed by atoms with Gasteiger partial charge in [-0.15, -0.1) is 0 Å². The Labute approximate surface area is 262 Å². The van der Waals surface area contributed by atoms with Crippen LogP contribution in [0.2, 0.25) is 5.02 Å². The first-order valence-corrected chi connectivity index (χ1v) is 14.9. The van der Waals surface area contributed by atoms with Gasteiger partial charge in [0, 0.05) is 11.9 Å². The summed E-state index contributed by atoms with van der Waals surface area (Å²) in [5, 5.41) is 11.0. The molecule has 0 spiro atoms. The van der Waals surface area contributed by atoms with Crippen LogP contribution in [-0.4, -0.2) is 53.2 Å². The lowest BCUT2D eigenvalue weighted by molar-refractivity contribution is 0.0635. The number of hydrogen-bond acceptors (Lipinski definition) is 6. The van der Waals surface area contributed by atoms with E-state index in [1.54, 1.807) is 63.4 Å². The third-order valence-electron chi connectivity index (χ3n) is 6.58. The number of benzene rings is 2. The summed E-state index contributed by atoms with van der Waals surface area (Å²) < 4.78 is 18.9. The van der Waals surface area contributed by atoms with Gasteiger partial charge in [0.2, 0.25) is 0 Å². The van der Waals surface area contributed by atoms with Crippen molar-refractivity contribution in [3.63, 3.8) is 0 Å². The quantitative estimate of drug-likeness (QED) is 0.165. The number of urea groups is 1. The standard InChI is InChI=1S/C32H40ClFN6O4/c1-6-40(7-2)18-10-13-25(38-30(42)36-22-15-16-24(34)23(33)19-22)21-14-17-28(35-20-21)29(41)37-26-11-8-9-12-27(26)39-31(43)44-32(3,4)5/h8-9,11-12,14-17,19-20,25H,6-7,10,13,18H2,1-5H3,(H,37,41)(H,39,43)(H2,36,38,42). The Morgan fingerprint density at radius 3 is 2.25 bits per heavy atom. The maximum absolute atomic E-state index is 13.5. The van der Waals surface area contributed by atoms with Crippen molar-refractivity contribution in [1.82, 2.24) is 15.2 Å². The van der Waals surface area contributed by atoms with Crippen molar-refractivity contribution >= 4 is 46.7 Å². The third-order valence-corrected chi connectivity index (χ3v) is 6.87. The van der Waals surface area contributed by atoms with E-state index in [9.17, 15) is 18.8 Å². The molecule has 0 bridgehead atoms. The lowest BCUT2D eigenvalue weighted by Gasteiger charge is -2.22. The second kappa shape index (κ2) is 16.0. The smallest absolute Gasteiger partial charge is 0.412 e. The van der Waals surface area contributed by atoms with E-state index in [0.29, 0.717) is 29.0 Å². The van der Waals surface area contributed by atoms with E-state index in [0.717, 1.165) is 26.1 Å². The molecule has 0 fully saturated rings. The number of para-hydroxylation sites is 2. The summed E-state index contributed by atoms with van der Waals surface area (Å²) in [5.74, 6) is -1.06. The molecular formula is C32H40ClFN6O4. The minimum Gasteiger partial charge on any atom is -0.444 e. The summed E-state index contributed by atoms with van der Waals surface area (Å²) >= 11 is 5.85. The molecule has 3 aromatic rings. The van der Waals surface area contributed by atoms with Gasteiger partial charge in [0.1, 0.15) is 17.1 Å². The topological polar surface area (TPSA) is 125 Å². The van der Waals surface area contributed by atoms with E-state index in [1.165, 1.54) is 18.2 Å². The average Bonchev–Trinajstić information content (AvgIpc) is 2.96. The SMILES string of the molecule is CCN(CC)CCCC(NC(=O)Nc1ccc(F)c(Cl)c1)c1ccc(C(=O)Nc2ccccc2NC(=O)OC(C)(C)C)nc1. The summed E-state index contributed by atoms with van der Waals surface area (Å²) in [5.41, 5.74) is 1.28. The van der Waals surface area contributed by atoms with Crippen molar-refractivity contribution in [1.29, 1.82) is 0 Å². The summed E-state index contributed by atoms with van der Waals surface area (Å²) in [6.07, 6.45) is 2.33. The zero-order valence-corrected chi connectivity index (χ0v) is 26.4. The van der Waals surface area contributed by atoms with E-state index >= 15 is 0 Å². The summed E-state index contributed by atoms with van der Waals surface area (Å²) in [6, 6.07) is 13.1. The van der Waals surface area contributed by atoms with Crippen molar-refractivity contribution in [3.05, 3.63) is 82.9 Å². The third kappa shape index (κ3) is 10.8. The number of amides is 4. The molecule has 3 rings (SSSR count). The Morgan fingerprint density at radius 2 is 1.66 bits per heavy atom. The van der Waals surface area contributed by atoms with Crippen molar-refractivity contribution in [2.75, 3.05) is 35.6 Å². The highest BCUT2D eigenvalue weighted by atomic mass is 35.5. The fourth-order valence-corrected chi connectivity index (χ4v) is 4.51. The number of carbonyl (C=O) groups is 3. The second-order valence-electron chi connectivity index (χ2n) is 11.1. The summed E-state index contributed by atoms with van der Waals surface area (Å²) in [4.78, 5) is 44.9. The van der Waals surface area contributed by atoms with Crippen LogP contribution < -0.4 is 21.3 Å². The molecule has 0 aliphatic heterocycles. The van der Waals surface area contributed by atoms with Gasteiger partial charge in [-0.1, -0.05) is 43.6 Å². The number of anilines is 3. The van der Waals surface area contributed by atoms with Crippen molar-refractivity contribution < 1.29 is 23.5 Å². The number of ether oxygens (including phenoxy) is 1. The number of pyridine rings is 1. The molecule has 0 saturated carbocycles. The Hall–Kier alpha value is -4.22. The van der Waals surface area contributed by atoms with Gasteiger partial charge in [0.15, 0.2) is 0 Å². The van der Waals surface area contributed by atoms with Gasteiger partial charge in [-0.25, -0.2) is 14.0 Å². The zero-order chi connectivity index (χ0) is 32.3. The van der Waals surface area contributed by atoms with Crippen molar-refractivity contribution in [3.8, 4) is 0 Å². The average molecular weight is 627 g/mol. The highest BCUT2D eigenvalue weighted by Gasteiger charge is 2.20. The molecule has 1 atom stereocenters. The molecule has 44 heavy (non-hydrogen) atoms. The number of halogens is 2. The summed E-state index contributed by atoms with van der Waals surface area (Å²) in [6.45, 7) is 12.2. The number of rotatable bonds is 12. The highest BCUT2D eigenvalue weighted by molar-refractivity contribution is 6.31. The van der Waals surface area contributed by atoms with Gasteiger partial charge in [0.25, 0.3) is 5.91 Å². The van der Waals surface area contributed by atoms with Crippen LogP contribution in [0, 0.1) is 5.82 Å². The van der Waals surface area contributed by atoms with Crippen LogP contribution in [0.15, 0.2) is 60.8 Å². The van der Waals surface area contributed by atoms with E-state index in [4.69, 9.17) is 16.3 Å². The van der Waals surface area contributed by atoms with Crippen LogP contribution in [0.3, 0.4) is 0 Å². The van der Waals surface area contributed by atoms with Gasteiger partial charge in [-0.05, 0) is 95.2 Å². The lowest BCUT2D eigenvalue weighted by Crippen LogP contribution is -2.33. The molecule has 236 valence electrons. The minimum atomic E-state index is -0.679. The monoisotopic (exact) mass is 626 g/mol. The predicted octanol–water partition coefficient (Wildman–Crippen LogP) is 7.46. The van der Waals surface area contributed by atoms with Crippen LogP contribution in [0.25, 0.3) is 0 Å². The fraction of sp³-hybridized carbons (Fsp3) is 0.375. The molecule has 10 nitrogen and oxygen atoms in total. The number of nitrogens with one attached hydrogen (secondary N) is 4. The molecule has 1 aromatic heterocycles. The molecule has 12 heteroatoms. The van der Waals surface area contributed by atoms with Crippen molar-refractivity contribution in [2.24, 2.45) is 0 Å². The zero-order valence-electron chi connectivity index (χ0n) is 25.7. The molecule has 4 N–H and O–H groups in total. The predicted molar refractivity (Wildman–Crippen MR) is 172 cm³/mol. The van der Waals surface area contributed by atoms with Gasteiger partial charge in [-0.3, -0.25) is 15.1 Å². The van der Waals surface area contributed by atoms with Gasteiger partial charge < -0.3 is 25.6 Å². The minimum absolute atomic E-state index is 0.0973. The van der Waals surface area contributed by atoms with Crippen LogP contribution in [0.4, 0.5) is 31.0 Å². The number of carbonyl (C=O) groups excluding carboxylic acids is 3. The van der Waals surface area contributed by atoms with Crippen LogP contribution >= 0.6 is 11.6 Å². The molecule has 1 unspecified atom stereocenters. The lowest BCUT2D eigenvalue weighted by atomic mass is 10.0. The second-order valence-corrected chi connectivity index (χ2v) is 11.5. The Balaban J connectivity index is 1.72. The van der Waals surface area contributed by atoms with E-state index in [2.05, 4.69) is 45.0 Å². The van der Waals surface area contributed by atoms with E-state index < -0.39 is 35.5 Å². The maximum atomic E-state index is 13.5. The van der Waals surface area contributed by atoms with Crippen LogP contribution in [0.5, 0.6) is 0 Å². The van der Waals surface area contributed by atoms with Gasteiger partial charge >= 0.3 is 12.1 Å². The molecular weight excluding hydrogens is 587 g/mol. The number of nitrogens with zero attached hydrogens (tertiary/aromatic N) is 2. The molecule has 2 aromatic carbocycles. The van der Waals surface area contributed by atoms with Crippen LogP contribution in [-0.2, 0) is 4.74 Å². The van der Waals surface area contributed by atoms with Crippen molar-refractivity contribution in [2.45, 2.75) is 59.1 Å². The first-order valence-electron chi connectivity index (χ1n) is 14.5. The molecule has 4 amide bonds. The van der Waals surface area contributed by atoms with Crippen LogP contribution in [0.1, 0.15) is 69.6 Å². The Bertz CT molecular complexity index is 1430. The molecule has 0 radical (unpaired) electrons. The van der Waals surface area contributed by atoms with E-state index in [1.807, 2.05) is 0 Å². The Morgan fingerprint density at radius 1 is 0.977 bits per heavy atom. The highest BCUT2D eigenvalue weighted by Crippen LogP contribution is 2.24. The maximum Gasteiger partial charge on any atom is 0.412 e. The van der Waals surface area contributed by atoms with E-state index in [-0.39, 0.29) is 10.7 Å². The first-order chi connectivity index (χ1) is 20.9.